The van der Waals surface area contributed by atoms with Crippen molar-refractivity contribution in [3.05, 3.63) is 72.3 Å². The normalized spacial score (nSPS) is 10.7. The van der Waals surface area contributed by atoms with Crippen molar-refractivity contribution < 1.29 is 0 Å². The third kappa shape index (κ3) is 3.99. The highest BCUT2D eigenvalue weighted by atomic mass is 32.2. The number of benzene rings is 2. The minimum absolute atomic E-state index is 0.685. The van der Waals surface area contributed by atoms with Gasteiger partial charge in [-0.1, -0.05) is 54.2 Å². The van der Waals surface area contributed by atoms with Crippen LogP contribution in [-0.4, -0.2) is 28.9 Å². The lowest BCUT2D eigenvalue weighted by atomic mass is 10.1. The lowest BCUT2D eigenvalue weighted by Gasteiger charge is -2.14. The summed E-state index contributed by atoms with van der Waals surface area (Å²) in [5, 5.41) is 9.83. The molecule has 0 atom stereocenters. The van der Waals surface area contributed by atoms with Crippen molar-refractivity contribution in [3.8, 4) is 11.4 Å². The van der Waals surface area contributed by atoms with E-state index in [0.717, 1.165) is 28.0 Å². The SMILES string of the molecule is C=CCn1c(SCc2ccccc2C)nnc1-c1cccc(N(C)C)c1. The van der Waals surface area contributed by atoms with Gasteiger partial charge in [-0.05, 0) is 30.2 Å². The Kier molecular flexibility index (Phi) is 5.78. The van der Waals surface area contributed by atoms with E-state index in [2.05, 4.69) is 81.7 Å². The van der Waals surface area contributed by atoms with Crippen LogP contribution in [0.4, 0.5) is 5.69 Å². The van der Waals surface area contributed by atoms with Crippen LogP contribution in [0.1, 0.15) is 11.1 Å². The number of hydrogen-bond acceptors (Lipinski definition) is 4. The molecule has 0 bridgehead atoms. The monoisotopic (exact) mass is 364 g/mol. The first kappa shape index (κ1) is 18.3. The molecule has 1 aromatic heterocycles. The van der Waals surface area contributed by atoms with E-state index in [1.54, 1.807) is 11.8 Å². The highest BCUT2D eigenvalue weighted by Gasteiger charge is 2.14. The predicted molar refractivity (Wildman–Crippen MR) is 111 cm³/mol. The number of rotatable bonds is 7. The summed E-state index contributed by atoms with van der Waals surface area (Å²) in [7, 11) is 4.08. The smallest absolute Gasteiger partial charge is 0.192 e. The predicted octanol–water partition coefficient (Wildman–Crippen LogP) is 4.80. The first-order valence-electron chi connectivity index (χ1n) is 8.59. The van der Waals surface area contributed by atoms with Gasteiger partial charge < -0.3 is 4.90 Å². The summed E-state index contributed by atoms with van der Waals surface area (Å²) in [6, 6.07) is 16.8. The molecule has 0 aliphatic rings. The Bertz CT molecular complexity index is 899. The molecule has 0 saturated heterocycles. The van der Waals surface area contributed by atoms with E-state index in [-0.39, 0.29) is 0 Å². The Labute approximate surface area is 159 Å². The van der Waals surface area contributed by atoms with Gasteiger partial charge in [0.25, 0.3) is 0 Å². The molecule has 0 aliphatic carbocycles. The van der Waals surface area contributed by atoms with Crippen molar-refractivity contribution in [2.45, 2.75) is 24.4 Å². The molecule has 0 spiro atoms. The Morgan fingerprint density at radius 2 is 1.92 bits per heavy atom. The van der Waals surface area contributed by atoms with Gasteiger partial charge in [0.05, 0.1) is 0 Å². The fourth-order valence-corrected chi connectivity index (χ4v) is 3.76. The molecule has 4 nitrogen and oxygen atoms in total. The maximum Gasteiger partial charge on any atom is 0.192 e. The third-order valence-corrected chi connectivity index (χ3v) is 5.28. The summed E-state index contributed by atoms with van der Waals surface area (Å²) in [5.74, 6) is 1.75. The van der Waals surface area contributed by atoms with Crippen LogP contribution < -0.4 is 4.90 Å². The zero-order valence-electron chi connectivity index (χ0n) is 15.5. The van der Waals surface area contributed by atoms with Crippen LogP contribution in [0.15, 0.2) is 66.3 Å². The van der Waals surface area contributed by atoms with Crippen LogP contribution in [0.25, 0.3) is 11.4 Å². The van der Waals surface area contributed by atoms with Crippen molar-refractivity contribution in [1.82, 2.24) is 14.8 Å². The van der Waals surface area contributed by atoms with E-state index < -0.39 is 0 Å². The maximum absolute atomic E-state index is 4.47. The standard InChI is InChI=1S/C21H24N4S/c1-5-13-25-20(17-11-8-12-19(14-17)24(3)4)22-23-21(25)26-15-18-10-7-6-9-16(18)2/h5-12,14H,1,13,15H2,2-4H3. The van der Waals surface area contributed by atoms with E-state index >= 15 is 0 Å². The van der Waals surface area contributed by atoms with E-state index in [1.807, 2.05) is 20.2 Å². The van der Waals surface area contributed by atoms with Gasteiger partial charge in [-0.3, -0.25) is 4.57 Å². The summed E-state index contributed by atoms with van der Waals surface area (Å²) >= 11 is 1.71. The number of aryl methyl sites for hydroxylation is 1. The first-order chi connectivity index (χ1) is 12.6. The summed E-state index contributed by atoms with van der Waals surface area (Å²) in [5.41, 5.74) is 4.83. The van der Waals surface area contributed by atoms with E-state index in [4.69, 9.17) is 0 Å². The van der Waals surface area contributed by atoms with Gasteiger partial charge in [0.2, 0.25) is 0 Å². The van der Waals surface area contributed by atoms with Gasteiger partial charge in [0, 0.05) is 37.6 Å². The van der Waals surface area contributed by atoms with Crippen molar-refractivity contribution in [2.24, 2.45) is 0 Å². The largest absolute Gasteiger partial charge is 0.378 e. The molecule has 0 unspecified atom stereocenters. The Morgan fingerprint density at radius 3 is 2.65 bits per heavy atom. The quantitative estimate of drug-likeness (QED) is 0.445. The van der Waals surface area contributed by atoms with Crippen molar-refractivity contribution in [1.29, 1.82) is 0 Å². The molecule has 0 amide bonds. The molecule has 26 heavy (non-hydrogen) atoms. The summed E-state index contributed by atoms with van der Waals surface area (Å²) < 4.78 is 2.13. The van der Waals surface area contributed by atoms with Gasteiger partial charge in [0.15, 0.2) is 11.0 Å². The van der Waals surface area contributed by atoms with E-state index in [9.17, 15) is 0 Å². The first-order valence-corrected chi connectivity index (χ1v) is 9.58. The second-order valence-electron chi connectivity index (χ2n) is 6.37. The average Bonchev–Trinajstić information content (AvgIpc) is 3.04. The molecule has 1 heterocycles. The van der Waals surface area contributed by atoms with Gasteiger partial charge >= 0.3 is 0 Å². The van der Waals surface area contributed by atoms with Crippen molar-refractivity contribution in [2.75, 3.05) is 19.0 Å². The second-order valence-corrected chi connectivity index (χ2v) is 7.31. The topological polar surface area (TPSA) is 34.0 Å². The molecule has 0 aliphatic heterocycles. The molecule has 3 aromatic rings. The third-order valence-electron chi connectivity index (χ3n) is 4.27. The minimum atomic E-state index is 0.685. The Hall–Kier alpha value is -2.53. The average molecular weight is 365 g/mol. The molecule has 5 heteroatoms. The molecular formula is C21H24N4S. The van der Waals surface area contributed by atoms with Crippen LogP contribution in [-0.2, 0) is 12.3 Å². The van der Waals surface area contributed by atoms with Gasteiger partial charge in [-0.25, -0.2) is 0 Å². The molecule has 0 radical (unpaired) electrons. The van der Waals surface area contributed by atoms with Crippen LogP contribution in [0.3, 0.4) is 0 Å². The van der Waals surface area contributed by atoms with Crippen LogP contribution in [0.2, 0.25) is 0 Å². The minimum Gasteiger partial charge on any atom is -0.378 e. The highest BCUT2D eigenvalue weighted by Crippen LogP contribution is 2.28. The number of hydrogen-bond donors (Lipinski definition) is 0. The van der Waals surface area contributed by atoms with Crippen molar-refractivity contribution >= 4 is 17.4 Å². The molecule has 2 aromatic carbocycles. The van der Waals surface area contributed by atoms with Gasteiger partial charge in [-0.2, -0.15) is 0 Å². The second kappa shape index (κ2) is 8.23. The molecule has 0 N–H and O–H groups in total. The summed E-state index contributed by atoms with van der Waals surface area (Å²) in [6.45, 7) is 6.72. The molecule has 0 fully saturated rings. The molecule has 3 rings (SSSR count). The lowest BCUT2D eigenvalue weighted by Crippen LogP contribution is -2.08. The van der Waals surface area contributed by atoms with Crippen LogP contribution >= 0.6 is 11.8 Å². The van der Waals surface area contributed by atoms with Crippen LogP contribution in [0, 0.1) is 6.92 Å². The van der Waals surface area contributed by atoms with Crippen molar-refractivity contribution in [3.63, 3.8) is 0 Å². The maximum atomic E-state index is 4.47. The molecular weight excluding hydrogens is 340 g/mol. The summed E-state index contributed by atoms with van der Waals surface area (Å²) in [6.07, 6.45) is 1.89. The van der Waals surface area contributed by atoms with Crippen LogP contribution in [0.5, 0.6) is 0 Å². The van der Waals surface area contributed by atoms with E-state index in [0.29, 0.717) is 6.54 Å². The number of thioether (sulfide) groups is 1. The summed E-state index contributed by atoms with van der Waals surface area (Å²) in [4.78, 5) is 2.09. The lowest BCUT2D eigenvalue weighted by molar-refractivity contribution is 0.731. The highest BCUT2D eigenvalue weighted by molar-refractivity contribution is 7.98. The number of aromatic nitrogens is 3. The zero-order chi connectivity index (χ0) is 18.5. The van der Waals surface area contributed by atoms with E-state index in [1.165, 1.54) is 11.1 Å². The van der Waals surface area contributed by atoms with Gasteiger partial charge in [-0.15, -0.1) is 16.8 Å². The van der Waals surface area contributed by atoms with Gasteiger partial charge in [0.1, 0.15) is 0 Å². The zero-order valence-corrected chi connectivity index (χ0v) is 16.3. The molecule has 134 valence electrons. The fourth-order valence-electron chi connectivity index (χ4n) is 2.74. The number of nitrogens with zero attached hydrogens (tertiary/aromatic N) is 4. The Morgan fingerprint density at radius 1 is 1.12 bits per heavy atom. The molecule has 0 saturated carbocycles. The number of allylic oxidation sites excluding steroid dienone is 1. The Balaban J connectivity index is 1.90. The number of anilines is 1. The fraction of sp³-hybridized carbons (Fsp3) is 0.238.